The van der Waals surface area contributed by atoms with E-state index in [0.717, 1.165) is 45.0 Å². The third-order valence-corrected chi connectivity index (χ3v) is 4.34. The molecular weight excluding hydrogens is 339 g/mol. The second kappa shape index (κ2) is 5.63. The van der Waals surface area contributed by atoms with E-state index in [2.05, 4.69) is 20.9 Å². The first-order valence-electron chi connectivity index (χ1n) is 5.61. The summed E-state index contributed by atoms with van der Waals surface area (Å²) in [6.45, 7) is 1.92. The van der Waals surface area contributed by atoms with Gasteiger partial charge in [0.05, 0.1) is 11.3 Å². The van der Waals surface area contributed by atoms with Gasteiger partial charge in [0.1, 0.15) is 5.01 Å². The Hall–Kier alpha value is -0.880. The molecule has 2 rings (SSSR count). The molecule has 0 N–H and O–H groups in total. The maximum atomic E-state index is 12.5. The number of thiazole rings is 1. The summed E-state index contributed by atoms with van der Waals surface area (Å²) in [4.78, 5) is 5.57. The average Bonchev–Trinajstić information content (AvgIpc) is 2.71. The van der Waals surface area contributed by atoms with Gasteiger partial charge in [-0.2, -0.15) is 13.2 Å². The van der Waals surface area contributed by atoms with E-state index in [-0.39, 0.29) is 0 Å². The van der Waals surface area contributed by atoms with Crippen LogP contribution in [0.1, 0.15) is 16.1 Å². The summed E-state index contributed by atoms with van der Waals surface area (Å²) in [5.41, 5.74) is 1.03. The first kappa shape index (κ1) is 14.5. The molecule has 2 aromatic rings. The van der Waals surface area contributed by atoms with Crippen LogP contribution in [-0.4, -0.2) is 10.3 Å². The van der Waals surface area contributed by atoms with E-state index in [1.807, 2.05) is 6.92 Å². The molecule has 0 aliphatic rings. The van der Waals surface area contributed by atoms with Gasteiger partial charge < -0.3 is 0 Å². The third kappa shape index (κ3) is 3.36. The monoisotopic (exact) mass is 349 g/mol. The Kier molecular flexibility index (Phi) is 4.30. The van der Waals surface area contributed by atoms with Crippen LogP contribution in [0.3, 0.4) is 0 Å². The summed E-state index contributed by atoms with van der Waals surface area (Å²) >= 11 is 4.90. The van der Waals surface area contributed by atoms with Crippen molar-refractivity contribution in [3.05, 3.63) is 40.4 Å². The predicted molar refractivity (Wildman–Crippen MR) is 74.8 cm³/mol. The lowest BCUT2D eigenvalue weighted by Gasteiger charge is -2.06. The zero-order valence-electron chi connectivity index (χ0n) is 10.1. The van der Waals surface area contributed by atoms with Crippen LogP contribution in [-0.2, 0) is 12.6 Å². The first-order chi connectivity index (χ1) is 8.91. The highest BCUT2D eigenvalue weighted by atomic mass is 79.9. The third-order valence-electron chi connectivity index (χ3n) is 2.67. The zero-order chi connectivity index (χ0) is 14.0. The molecule has 0 bridgehead atoms. The topological polar surface area (TPSA) is 12.9 Å². The molecule has 0 spiro atoms. The minimum absolute atomic E-state index is 0.634. The van der Waals surface area contributed by atoms with Crippen molar-refractivity contribution in [1.29, 1.82) is 0 Å². The Balaban J connectivity index is 2.30. The molecule has 0 amide bonds. The van der Waals surface area contributed by atoms with E-state index >= 15 is 0 Å². The SMILES string of the molecule is Cc1nc(-c2ccc(C(F)(F)F)cc2)sc1CCBr. The summed E-state index contributed by atoms with van der Waals surface area (Å²) in [6, 6.07) is 5.13. The molecule has 0 saturated heterocycles. The highest BCUT2D eigenvalue weighted by molar-refractivity contribution is 9.09. The van der Waals surface area contributed by atoms with Crippen molar-refractivity contribution in [3.8, 4) is 10.6 Å². The Labute approximate surface area is 121 Å². The number of aromatic nitrogens is 1. The number of hydrogen-bond donors (Lipinski definition) is 0. The molecule has 0 saturated carbocycles. The van der Waals surface area contributed by atoms with Gasteiger partial charge in [0.15, 0.2) is 0 Å². The molecule has 0 radical (unpaired) electrons. The van der Waals surface area contributed by atoms with Crippen molar-refractivity contribution in [3.63, 3.8) is 0 Å². The number of aryl methyl sites for hydroxylation is 2. The molecule has 1 heterocycles. The molecule has 0 aliphatic heterocycles. The molecule has 19 heavy (non-hydrogen) atoms. The van der Waals surface area contributed by atoms with E-state index < -0.39 is 11.7 Å². The van der Waals surface area contributed by atoms with Gasteiger partial charge in [0.2, 0.25) is 0 Å². The highest BCUT2D eigenvalue weighted by Crippen LogP contribution is 2.33. The normalized spacial score (nSPS) is 11.8. The quantitative estimate of drug-likeness (QED) is 0.704. The van der Waals surface area contributed by atoms with Crippen molar-refractivity contribution in [1.82, 2.24) is 4.98 Å². The van der Waals surface area contributed by atoms with Crippen molar-refractivity contribution in [2.75, 3.05) is 5.33 Å². The van der Waals surface area contributed by atoms with E-state index in [1.165, 1.54) is 23.5 Å². The van der Waals surface area contributed by atoms with Gasteiger partial charge in [-0.25, -0.2) is 4.98 Å². The second-order valence-corrected chi connectivity index (χ2v) is 5.92. The fourth-order valence-electron chi connectivity index (χ4n) is 1.67. The van der Waals surface area contributed by atoms with E-state index in [0.29, 0.717) is 0 Å². The minimum Gasteiger partial charge on any atom is -0.241 e. The van der Waals surface area contributed by atoms with Crippen LogP contribution in [0.4, 0.5) is 13.2 Å². The first-order valence-corrected chi connectivity index (χ1v) is 7.55. The van der Waals surface area contributed by atoms with Gasteiger partial charge in [-0.3, -0.25) is 0 Å². The maximum Gasteiger partial charge on any atom is 0.416 e. The Morgan fingerprint density at radius 2 is 1.84 bits per heavy atom. The highest BCUT2D eigenvalue weighted by Gasteiger charge is 2.30. The summed E-state index contributed by atoms with van der Waals surface area (Å²) < 4.78 is 37.4. The fourth-order valence-corrected chi connectivity index (χ4v) is 3.40. The molecular formula is C13H11BrF3NS. The number of nitrogens with zero attached hydrogens (tertiary/aromatic N) is 1. The number of benzene rings is 1. The summed E-state index contributed by atoms with van der Waals surface area (Å²) in [5.74, 6) is 0. The Bertz CT molecular complexity index is 560. The van der Waals surface area contributed by atoms with Crippen molar-refractivity contribution in [2.45, 2.75) is 19.5 Å². The zero-order valence-corrected chi connectivity index (χ0v) is 12.5. The van der Waals surface area contributed by atoms with E-state index in [9.17, 15) is 13.2 Å². The molecule has 102 valence electrons. The molecule has 0 fully saturated rings. The van der Waals surface area contributed by atoms with Crippen LogP contribution in [0.15, 0.2) is 24.3 Å². The minimum atomic E-state index is -4.29. The summed E-state index contributed by atoms with van der Waals surface area (Å²) in [6.07, 6.45) is -3.41. The largest absolute Gasteiger partial charge is 0.416 e. The molecule has 0 aliphatic carbocycles. The lowest BCUT2D eigenvalue weighted by molar-refractivity contribution is -0.137. The van der Waals surface area contributed by atoms with Crippen molar-refractivity contribution >= 4 is 27.3 Å². The van der Waals surface area contributed by atoms with Gasteiger partial charge in [-0.15, -0.1) is 11.3 Å². The molecule has 1 aromatic heterocycles. The lowest BCUT2D eigenvalue weighted by atomic mass is 10.1. The standard InChI is InChI=1S/C13H11BrF3NS/c1-8-11(6-7-14)19-12(18-8)9-2-4-10(5-3-9)13(15,16)17/h2-5H,6-7H2,1H3. The van der Waals surface area contributed by atoms with Crippen LogP contribution in [0.5, 0.6) is 0 Å². The Morgan fingerprint density at radius 3 is 2.37 bits per heavy atom. The summed E-state index contributed by atoms with van der Waals surface area (Å²) in [5, 5.41) is 1.62. The van der Waals surface area contributed by atoms with Gasteiger partial charge in [0.25, 0.3) is 0 Å². The van der Waals surface area contributed by atoms with Gasteiger partial charge in [0, 0.05) is 15.8 Å². The van der Waals surface area contributed by atoms with Gasteiger partial charge in [-0.1, -0.05) is 28.1 Å². The van der Waals surface area contributed by atoms with Crippen LogP contribution in [0, 0.1) is 6.92 Å². The maximum absolute atomic E-state index is 12.5. The van der Waals surface area contributed by atoms with Crippen LogP contribution < -0.4 is 0 Å². The molecule has 1 aromatic carbocycles. The van der Waals surface area contributed by atoms with Gasteiger partial charge in [-0.05, 0) is 25.5 Å². The van der Waals surface area contributed by atoms with E-state index in [4.69, 9.17) is 0 Å². The number of alkyl halides is 4. The van der Waals surface area contributed by atoms with Crippen LogP contribution in [0.25, 0.3) is 10.6 Å². The summed E-state index contributed by atoms with van der Waals surface area (Å²) in [7, 11) is 0. The van der Waals surface area contributed by atoms with Crippen LogP contribution >= 0.6 is 27.3 Å². The lowest BCUT2D eigenvalue weighted by Crippen LogP contribution is -2.03. The second-order valence-electron chi connectivity index (χ2n) is 4.04. The number of hydrogen-bond acceptors (Lipinski definition) is 2. The number of halogens is 4. The number of rotatable bonds is 3. The van der Waals surface area contributed by atoms with E-state index in [1.54, 1.807) is 0 Å². The molecule has 1 nitrogen and oxygen atoms in total. The average molecular weight is 350 g/mol. The fraction of sp³-hybridized carbons (Fsp3) is 0.308. The van der Waals surface area contributed by atoms with Crippen LogP contribution in [0.2, 0.25) is 0 Å². The molecule has 0 unspecified atom stereocenters. The predicted octanol–water partition coefficient (Wildman–Crippen LogP) is 5.07. The smallest absolute Gasteiger partial charge is 0.241 e. The Morgan fingerprint density at radius 1 is 1.21 bits per heavy atom. The molecule has 0 atom stereocenters. The van der Waals surface area contributed by atoms with Crippen molar-refractivity contribution < 1.29 is 13.2 Å². The van der Waals surface area contributed by atoms with Gasteiger partial charge >= 0.3 is 6.18 Å². The molecule has 6 heteroatoms. The van der Waals surface area contributed by atoms with Crippen molar-refractivity contribution in [2.24, 2.45) is 0 Å².